The monoisotopic (exact) mass is 284 g/mol. The van der Waals surface area contributed by atoms with Crippen LogP contribution in [-0.2, 0) is 10.3 Å². The van der Waals surface area contributed by atoms with Gasteiger partial charge in [0.2, 0.25) is 0 Å². The fraction of sp³-hybridized carbons (Fsp3) is 0.417. The van der Waals surface area contributed by atoms with Crippen LogP contribution in [0.15, 0.2) is 17.2 Å². The minimum atomic E-state index is -1.82. The van der Waals surface area contributed by atoms with Crippen LogP contribution in [0.1, 0.15) is 18.1 Å². The second kappa shape index (κ2) is 6.31. The highest BCUT2D eigenvalue weighted by Gasteiger charge is 2.37. The molecule has 8 heteroatoms. The summed E-state index contributed by atoms with van der Waals surface area (Å²) in [6, 6.07) is 1.81. The van der Waals surface area contributed by atoms with E-state index in [2.05, 4.69) is 15.3 Å². The van der Waals surface area contributed by atoms with Gasteiger partial charge in [-0.1, -0.05) is 5.11 Å². The molecular weight excluding hydrogens is 270 g/mol. The summed E-state index contributed by atoms with van der Waals surface area (Å²) >= 11 is 0. The number of aliphatic carboxylic acids is 1. The Hall–Kier alpha value is -2.18. The molecule has 2 N–H and O–H groups in total. The van der Waals surface area contributed by atoms with Crippen molar-refractivity contribution in [2.75, 3.05) is 13.1 Å². The van der Waals surface area contributed by atoms with E-state index in [9.17, 15) is 18.7 Å². The highest BCUT2D eigenvalue weighted by atomic mass is 19.1. The zero-order chi connectivity index (χ0) is 15.3. The first-order valence-electron chi connectivity index (χ1n) is 5.78. The van der Waals surface area contributed by atoms with E-state index in [1.807, 2.05) is 0 Å². The molecule has 1 aromatic carbocycles. The predicted molar refractivity (Wildman–Crippen MR) is 68.1 cm³/mol. The summed E-state index contributed by atoms with van der Waals surface area (Å²) < 4.78 is 27.5. The van der Waals surface area contributed by atoms with E-state index < -0.39 is 23.1 Å². The van der Waals surface area contributed by atoms with Gasteiger partial charge in [0.05, 0.1) is 0 Å². The van der Waals surface area contributed by atoms with Crippen molar-refractivity contribution in [1.82, 2.24) is 5.32 Å². The third-order valence-corrected chi connectivity index (χ3v) is 2.97. The zero-order valence-electron chi connectivity index (χ0n) is 11.0. The number of aryl methyl sites for hydroxylation is 1. The SMILES string of the molecule is Cc1cc(F)c(C(C)(NCCN=[N+]=[N-])C(=O)O)cc1F. The lowest BCUT2D eigenvalue weighted by atomic mass is 9.90. The van der Waals surface area contributed by atoms with E-state index in [-0.39, 0.29) is 24.2 Å². The number of nitrogens with one attached hydrogen (secondary N) is 1. The van der Waals surface area contributed by atoms with Crippen molar-refractivity contribution in [3.63, 3.8) is 0 Å². The lowest BCUT2D eigenvalue weighted by molar-refractivity contribution is -0.144. The maximum absolute atomic E-state index is 13.9. The predicted octanol–water partition coefficient (Wildman–Crippen LogP) is 2.47. The van der Waals surface area contributed by atoms with Crippen molar-refractivity contribution >= 4 is 5.97 Å². The van der Waals surface area contributed by atoms with Crippen molar-refractivity contribution in [1.29, 1.82) is 0 Å². The van der Waals surface area contributed by atoms with Crippen molar-refractivity contribution in [3.8, 4) is 0 Å². The molecule has 0 fully saturated rings. The highest BCUT2D eigenvalue weighted by Crippen LogP contribution is 2.26. The first-order valence-corrected chi connectivity index (χ1v) is 5.78. The molecule has 1 aromatic rings. The zero-order valence-corrected chi connectivity index (χ0v) is 11.0. The molecule has 1 atom stereocenters. The quantitative estimate of drug-likeness (QED) is 0.363. The number of benzene rings is 1. The largest absolute Gasteiger partial charge is 0.480 e. The molecule has 0 heterocycles. The van der Waals surface area contributed by atoms with Gasteiger partial charge < -0.3 is 5.11 Å². The highest BCUT2D eigenvalue weighted by molar-refractivity contribution is 5.80. The number of carbonyl (C=O) groups is 1. The van der Waals surface area contributed by atoms with Crippen LogP contribution < -0.4 is 5.32 Å². The molecule has 6 nitrogen and oxygen atoms in total. The molecule has 1 unspecified atom stereocenters. The van der Waals surface area contributed by atoms with Crippen LogP contribution in [0.5, 0.6) is 0 Å². The summed E-state index contributed by atoms with van der Waals surface area (Å²) in [5.74, 6) is -2.86. The van der Waals surface area contributed by atoms with Gasteiger partial charge in [-0.05, 0) is 37.1 Å². The number of azide groups is 1. The van der Waals surface area contributed by atoms with Gasteiger partial charge in [0, 0.05) is 23.6 Å². The van der Waals surface area contributed by atoms with E-state index in [0.29, 0.717) is 0 Å². The van der Waals surface area contributed by atoms with Gasteiger partial charge in [-0.2, -0.15) is 0 Å². The number of hydrogen-bond donors (Lipinski definition) is 2. The van der Waals surface area contributed by atoms with E-state index in [1.54, 1.807) is 0 Å². The van der Waals surface area contributed by atoms with Crippen LogP contribution in [0.2, 0.25) is 0 Å². The standard InChI is InChI=1S/C12H14F2N4O2/c1-7-5-10(14)8(6-9(7)13)12(2,11(19)20)16-3-4-17-18-15/h5-6,16H,3-4H2,1-2H3,(H,19,20). The van der Waals surface area contributed by atoms with Crippen LogP contribution >= 0.6 is 0 Å². The Kier molecular flexibility index (Phi) is 5.01. The second-order valence-electron chi connectivity index (χ2n) is 4.39. The van der Waals surface area contributed by atoms with Crippen molar-refractivity contribution in [2.45, 2.75) is 19.4 Å². The van der Waals surface area contributed by atoms with Gasteiger partial charge in [-0.3, -0.25) is 5.32 Å². The average Bonchev–Trinajstić information content (AvgIpc) is 2.38. The summed E-state index contributed by atoms with van der Waals surface area (Å²) in [5.41, 5.74) is 6.10. The molecule has 1 rings (SSSR count). The summed E-state index contributed by atoms with van der Waals surface area (Å²) in [7, 11) is 0. The second-order valence-corrected chi connectivity index (χ2v) is 4.39. The maximum Gasteiger partial charge on any atom is 0.328 e. The molecule has 0 aliphatic heterocycles. The summed E-state index contributed by atoms with van der Waals surface area (Å²) in [6.45, 7) is 2.62. The molecule has 0 saturated heterocycles. The summed E-state index contributed by atoms with van der Waals surface area (Å²) in [5, 5.41) is 15.1. The Morgan fingerprint density at radius 3 is 2.70 bits per heavy atom. The van der Waals surface area contributed by atoms with Gasteiger partial charge in [0.15, 0.2) is 0 Å². The van der Waals surface area contributed by atoms with E-state index in [4.69, 9.17) is 5.53 Å². The summed E-state index contributed by atoms with van der Waals surface area (Å²) in [6.07, 6.45) is 0. The fourth-order valence-corrected chi connectivity index (χ4v) is 1.72. The van der Waals surface area contributed by atoms with Crippen molar-refractivity contribution in [3.05, 3.63) is 45.3 Å². The Balaban J connectivity index is 3.15. The molecular formula is C12H14F2N4O2. The van der Waals surface area contributed by atoms with Crippen LogP contribution in [0, 0.1) is 18.6 Å². The average molecular weight is 284 g/mol. The van der Waals surface area contributed by atoms with E-state index in [1.165, 1.54) is 13.8 Å². The number of carboxylic acid groups (broad SMARTS) is 1. The first-order chi connectivity index (χ1) is 9.32. The minimum absolute atomic E-state index is 0.00463. The van der Waals surface area contributed by atoms with Gasteiger partial charge in [-0.25, -0.2) is 13.6 Å². The topological polar surface area (TPSA) is 98.1 Å². The molecule has 0 amide bonds. The number of hydrogen-bond acceptors (Lipinski definition) is 3. The number of halogens is 2. The number of carboxylic acids is 1. The van der Waals surface area contributed by atoms with Gasteiger partial charge >= 0.3 is 5.97 Å². The molecule has 0 saturated carbocycles. The molecule has 0 radical (unpaired) electrons. The normalized spacial score (nSPS) is 13.4. The molecule has 0 aromatic heterocycles. The van der Waals surface area contributed by atoms with Crippen LogP contribution in [0.3, 0.4) is 0 Å². The lowest BCUT2D eigenvalue weighted by Crippen LogP contribution is -2.48. The van der Waals surface area contributed by atoms with Gasteiger partial charge in [0.1, 0.15) is 17.2 Å². The molecule has 0 bridgehead atoms. The Morgan fingerprint density at radius 2 is 2.15 bits per heavy atom. The van der Waals surface area contributed by atoms with Crippen LogP contribution in [-0.4, -0.2) is 24.2 Å². The van der Waals surface area contributed by atoms with E-state index in [0.717, 1.165) is 12.1 Å². The van der Waals surface area contributed by atoms with E-state index >= 15 is 0 Å². The number of rotatable bonds is 6. The number of nitrogens with zero attached hydrogens (tertiary/aromatic N) is 3. The molecule has 108 valence electrons. The maximum atomic E-state index is 13.9. The van der Waals surface area contributed by atoms with Crippen molar-refractivity contribution in [2.24, 2.45) is 5.11 Å². The summed E-state index contributed by atoms with van der Waals surface area (Å²) in [4.78, 5) is 13.9. The third-order valence-electron chi connectivity index (χ3n) is 2.97. The van der Waals surface area contributed by atoms with Crippen LogP contribution in [0.4, 0.5) is 8.78 Å². The minimum Gasteiger partial charge on any atom is -0.480 e. The molecule has 0 spiro atoms. The molecule has 0 aliphatic carbocycles. The Bertz CT molecular complexity index is 573. The smallest absolute Gasteiger partial charge is 0.328 e. The van der Waals surface area contributed by atoms with Gasteiger partial charge in [0.25, 0.3) is 0 Å². The van der Waals surface area contributed by atoms with Gasteiger partial charge in [-0.15, -0.1) is 0 Å². The van der Waals surface area contributed by atoms with Crippen LogP contribution in [0.25, 0.3) is 10.4 Å². The molecule has 0 aliphatic rings. The third kappa shape index (κ3) is 3.23. The lowest BCUT2D eigenvalue weighted by Gasteiger charge is -2.27. The Morgan fingerprint density at radius 1 is 1.50 bits per heavy atom. The fourth-order valence-electron chi connectivity index (χ4n) is 1.72. The van der Waals surface area contributed by atoms with Crippen molar-refractivity contribution < 1.29 is 18.7 Å². The first kappa shape index (κ1) is 15.9. The molecule has 20 heavy (non-hydrogen) atoms. The Labute approximate surface area is 114 Å².